The fourth-order valence-electron chi connectivity index (χ4n) is 1.06. The standard InChI is InChI=1S/C8H5BrIN/c9-5-1-2-6-7(10)4-11-8(6)3-5/h1-4,11H. The number of hydrogen-bond acceptors (Lipinski definition) is 0. The molecule has 0 bridgehead atoms. The largest absolute Gasteiger partial charge is 0.360 e. The minimum absolute atomic E-state index is 1.11. The van der Waals surface area contributed by atoms with Gasteiger partial charge in [0.1, 0.15) is 0 Å². The van der Waals surface area contributed by atoms with Crippen molar-refractivity contribution in [2.24, 2.45) is 0 Å². The Morgan fingerprint density at radius 3 is 3.00 bits per heavy atom. The average molecular weight is 322 g/mol. The second-order valence-electron chi connectivity index (χ2n) is 2.33. The molecule has 2 aromatic rings. The van der Waals surface area contributed by atoms with Crippen molar-refractivity contribution in [2.75, 3.05) is 0 Å². The van der Waals surface area contributed by atoms with E-state index in [1.807, 2.05) is 6.20 Å². The van der Waals surface area contributed by atoms with Gasteiger partial charge in [0, 0.05) is 25.1 Å². The molecule has 1 N–H and O–H groups in total. The van der Waals surface area contributed by atoms with Gasteiger partial charge in [0.25, 0.3) is 0 Å². The molecule has 1 aromatic heterocycles. The molecule has 56 valence electrons. The smallest absolute Gasteiger partial charge is 0.0476 e. The molecule has 0 saturated heterocycles. The molecule has 0 amide bonds. The Kier molecular flexibility index (Phi) is 1.93. The molecular weight excluding hydrogens is 317 g/mol. The molecule has 0 atom stereocenters. The summed E-state index contributed by atoms with van der Waals surface area (Å²) in [4.78, 5) is 3.19. The maximum atomic E-state index is 3.42. The fraction of sp³-hybridized carbons (Fsp3) is 0. The Labute approximate surface area is 86.5 Å². The lowest BCUT2D eigenvalue weighted by Gasteiger charge is -1.90. The van der Waals surface area contributed by atoms with Gasteiger partial charge in [0.2, 0.25) is 0 Å². The van der Waals surface area contributed by atoms with E-state index in [-0.39, 0.29) is 0 Å². The van der Waals surface area contributed by atoms with Crippen molar-refractivity contribution in [3.05, 3.63) is 32.4 Å². The van der Waals surface area contributed by atoms with Gasteiger partial charge in [-0.2, -0.15) is 0 Å². The Bertz CT molecular complexity index is 394. The van der Waals surface area contributed by atoms with Crippen molar-refractivity contribution >= 4 is 49.4 Å². The van der Waals surface area contributed by atoms with Crippen LogP contribution >= 0.6 is 38.5 Å². The predicted octanol–water partition coefficient (Wildman–Crippen LogP) is 3.54. The first kappa shape index (κ1) is 7.61. The summed E-state index contributed by atoms with van der Waals surface area (Å²) in [7, 11) is 0. The fourth-order valence-corrected chi connectivity index (χ4v) is 2.05. The molecule has 0 unspecified atom stereocenters. The zero-order valence-corrected chi connectivity index (χ0v) is 9.31. The van der Waals surface area contributed by atoms with Gasteiger partial charge in [-0.1, -0.05) is 22.0 Å². The summed E-state index contributed by atoms with van der Waals surface area (Å²) in [5.41, 5.74) is 1.18. The number of nitrogens with one attached hydrogen (secondary N) is 1. The van der Waals surface area contributed by atoms with Crippen LogP contribution in [0.3, 0.4) is 0 Å². The number of hydrogen-bond donors (Lipinski definition) is 1. The minimum atomic E-state index is 1.11. The van der Waals surface area contributed by atoms with Crippen LogP contribution in [0.5, 0.6) is 0 Å². The van der Waals surface area contributed by atoms with Gasteiger partial charge in [-0.15, -0.1) is 0 Å². The van der Waals surface area contributed by atoms with Crippen LogP contribution in [-0.4, -0.2) is 4.98 Å². The second kappa shape index (κ2) is 2.79. The predicted molar refractivity (Wildman–Crippen MR) is 58.7 cm³/mol. The number of aromatic amines is 1. The molecule has 0 aliphatic heterocycles. The van der Waals surface area contributed by atoms with Gasteiger partial charge in [-0.05, 0) is 34.7 Å². The molecule has 0 radical (unpaired) electrons. The first-order chi connectivity index (χ1) is 5.27. The van der Waals surface area contributed by atoms with E-state index < -0.39 is 0 Å². The van der Waals surface area contributed by atoms with E-state index in [4.69, 9.17) is 0 Å². The number of H-pyrrole nitrogens is 1. The first-order valence-corrected chi connectivity index (χ1v) is 5.07. The molecule has 0 fully saturated rings. The number of benzene rings is 1. The molecular formula is C8H5BrIN. The SMILES string of the molecule is Brc1ccc2c(I)c[nH]c2c1. The summed E-state index contributed by atoms with van der Waals surface area (Å²) in [6.07, 6.45) is 2.01. The lowest BCUT2D eigenvalue weighted by atomic mass is 10.3. The maximum absolute atomic E-state index is 3.42. The van der Waals surface area contributed by atoms with Crippen molar-refractivity contribution in [3.8, 4) is 0 Å². The van der Waals surface area contributed by atoms with Crippen molar-refractivity contribution in [1.29, 1.82) is 0 Å². The number of rotatable bonds is 0. The van der Waals surface area contributed by atoms with Crippen LogP contribution in [0.4, 0.5) is 0 Å². The quantitative estimate of drug-likeness (QED) is 0.714. The summed E-state index contributed by atoms with van der Waals surface area (Å²) in [6.45, 7) is 0. The molecule has 0 saturated carbocycles. The monoisotopic (exact) mass is 321 g/mol. The highest BCUT2D eigenvalue weighted by atomic mass is 127. The van der Waals surface area contributed by atoms with Crippen LogP contribution < -0.4 is 0 Å². The molecule has 11 heavy (non-hydrogen) atoms. The van der Waals surface area contributed by atoms with Crippen LogP contribution in [0, 0.1) is 3.57 Å². The topological polar surface area (TPSA) is 15.8 Å². The highest BCUT2D eigenvalue weighted by molar-refractivity contribution is 14.1. The van der Waals surface area contributed by atoms with Gasteiger partial charge in [0.05, 0.1) is 0 Å². The zero-order chi connectivity index (χ0) is 7.84. The Morgan fingerprint density at radius 1 is 1.36 bits per heavy atom. The summed E-state index contributed by atoms with van der Waals surface area (Å²) < 4.78 is 2.38. The van der Waals surface area contributed by atoms with E-state index in [9.17, 15) is 0 Å². The number of aromatic nitrogens is 1. The van der Waals surface area contributed by atoms with E-state index >= 15 is 0 Å². The highest BCUT2D eigenvalue weighted by Gasteiger charge is 1.99. The van der Waals surface area contributed by atoms with E-state index in [0.717, 1.165) is 4.47 Å². The van der Waals surface area contributed by atoms with E-state index in [2.05, 4.69) is 61.7 Å². The van der Waals surface area contributed by atoms with E-state index in [1.165, 1.54) is 14.5 Å². The Balaban J connectivity index is 2.86. The van der Waals surface area contributed by atoms with Crippen molar-refractivity contribution in [2.45, 2.75) is 0 Å². The summed E-state index contributed by atoms with van der Waals surface area (Å²) in [5, 5.41) is 1.29. The van der Waals surface area contributed by atoms with E-state index in [0.29, 0.717) is 0 Å². The van der Waals surface area contributed by atoms with Gasteiger partial charge in [0.15, 0.2) is 0 Å². The number of fused-ring (bicyclic) bond motifs is 1. The third-order valence-corrected chi connectivity index (χ3v) is 2.98. The van der Waals surface area contributed by atoms with Crippen LogP contribution in [0.2, 0.25) is 0 Å². The lowest BCUT2D eigenvalue weighted by Crippen LogP contribution is -1.68. The second-order valence-corrected chi connectivity index (χ2v) is 4.40. The van der Waals surface area contributed by atoms with Crippen LogP contribution in [-0.2, 0) is 0 Å². The van der Waals surface area contributed by atoms with Gasteiger partial charge in [-0.3, -0.25) is 0 Å². The Hall–Kier alpha value is -0.0300. The molecule has 1 aromatic carbocycles. The van der Waals surface area contributed by atoms with Gasteiger partial charge < -0.3 is 4.98 Å². The van der Waals surface area contributed by atoms with Crippen LogP contribution in [0.25, 0.3) is 10.9 Å². The van der Waals surface area contributed by atoms with E-state index in [1.54, 1.807) is 0 Å². The van der Waals surface area contributed by atoms with Crippen LogP contribution in [0.15, 0.2) is 28.9 Å². The lowest BCUT2D eigenvalue weighted by molar-refractivity contribution is 1.46. The van der Waals surface area contributed by atoms with Crippen LogP contribution in [0.1, 0.15) is 0 Å². The maximum Gasteiger partial charge on any atom is 0.0476 e. The highest BCUT2D eigenvalue weighted by Crippen LogP contribution is 2.22. The molecule has 2 rings (SSSR count). The average Bonchev–Trinajstić information content (AvgIpc) is 2.32. The normalized spacial score (nSPS) is 10.7. The molecule has 0 spiro atoms. The third kappa shape index (κ3) is 1.31. The molecule has 0 aliphatic rings. The van der Waals surface area contributed by atoms with Crippen molar-refractivity contribution in [1.82, 2.24) is 4.98 Å². The summed E-state index contributed by atoms with van der Waals surface area (Å²) in [5.74, 6) is 0. The third-order valence-electron chi connectivity index (χ3n) is 1.59. The zero-order valence-electron chi connectivity index (χ0n) is 5.57. The first-order valence-electron chi connectivity index (χ1n) is 3.19. The summed E-state index contributed by atoms with van der Waals surface area (Å²) in [6, 6.07) is 6.24. The van der Waals surface area contributed by atoms with Crippen molar-refractivity contribution < 1.29 is 0 Å². The minimum Gasteiger partial charge on any atom is -0.360 e. The molecule has 3 heteroatoms. The summed E-state index contributed by atoms with van der Waals surface area (Å²) >= 11 is 5.74. The van der Waals surface area contributed by atoms with Gasteiger partial charge in [-0.25, -0.2) is 0 Å². The number of halogens is 2. The Morgan fingerprint density at radius 2 is 2.18 bits per heavy atom. The van der Waals surface area contributed by atoms with Crippen molar-refractivity contribution in [3.63, 3.8) is 0 Å². The molecule has 1 heterocycles. The van der Waals surface area contributed by atoms with Gasteiger partial charge >= 0.3 is 0 Å². The molecule has 1 nitrogen and oxygen atoms in total. The molecule has 0 aliphatic carbocycles.